The average Bonchev–Trinajstić information content (AvgIpc) is 2.65. The van der Waals surface area contributed by atoms with E-state index in [-0.39, 0.29) is 23.7 Å². The summed E-state index contributed by atoms with van der Waals surface area (Å²) in [5.74, 6) is -1.91. The fourth-order valence-corrected chi connectivity index (χ4v) is 2.52. The van der Waals surface area contributed by atoms with Gasteiger partial charge in [-0.05, 0) is 48.5 Å². The Hall–Kier alpha value is -3.15. The number of aromatic nitrogens is 1. The van der Waals surface area contributed by atoms with E-state index in [0.717, 1.165) is 12.1 Å². The first-order valence-electron chi connectivity index (χ1n) is 8.01. The van der Waals surface area contributed by atoms with Crippen LogP contribution < -0.4 is 5.32 Å². The number of carbonyl (C=O) groups is 1. The summed E-state index contributed by atoms with van der Waals surface area (Å²) in [6.07, 6.45) is 0.268. The van der Waals surface area contributed by atoms with Crippen LogP contribution >= 0.6 is 0 Å². The molecule has 3 rings (SSSR count). The van der Waals surface area contributed by atoms with Crippen LogP contribution in [0, 0.1) is 17.5 Å². The molecule has 0 atom stereocenters. The van der Waals surface area contributed by atoms with Crippen molar-refractivity contribution in [1.82, 2.24) is 4.98 Å². The van der Waals surface area contributed by atoms with Crippen LogP contribution in [0.1, 0.15) is 23.7 Å². The van der Waals surface area contributed by atoms with E-state index >= 15 is 0 Å². The smallest absolute Gasteiger partial charge is 0.164 e. The molecule has 0 aliphatic carbocycles. The molecular formula is C20H15F3N2O. The lowest BCUT2D eigenvalue weighted by Gasteiger charge is -2.12. The van der Waals surface area contributed by atoms with Gasteiger partial charge in [0.05, 0.1) is 5.69 Å². The predicted molar refractivity (Wildman–Crippen MR) is 93.9 cm³/mol. The molecule has 1 aromatic heterocycles. The second-order valence-corrected chi connectivity index (χ2v) is 5.60. The lowest BCUT2D eigenvalue weighted by molar-refractivity contribution is 0.0988. The molecule has 2 aromatic carbocycles. The molecule has 0 aliphatic rings. The molecule has 132 valence electrons. The summed E-state index contributed by atoms with van der Waals surface area (Å²) in [5, 5.41) is 2.60. The number of halogens is 3. The molecule has 3 aromatic rings. The summed E-state index contributed by atoms with van der Waals surface area (Å²) < 4.78 is 40.9. The van der Waals surface area contributed by atoms with Gasteiger partial charge in [0.1, 0.15) is 29.0 Å². The molecule has 0 amide bonds. The van der Waals surface area contributed by atoms with Crippen molar-refractivity contribution in [3.8, 4) is 11.3 Å². The van der Waals surface area contributed by atoms with Crippen molar-refractivity contribution >= 4 is 17.3 Å². The van der Waals surface area contributed by atoms with Crippen molar-refractivity contribution in [2.24, 2.45) is 0 Å². The van der Waals surface area contributed by atoms with Gasteiger partial charge in [0.15, 0.2) is 5.78 Å². The predicted octanol–water partition coefficient (Wildman–Crippen LogP) is 5.50. The molecule has 0 saturated carbocycles. The standard InChI is InChI=1S/C20H15F3N2O/c1-2-17(26)14-10-11-18(25-20-15(22)4-3-5-16(20)23)24-19(14)12-6-8-13(21)9-7-12/h3-11H,2H2,1H3,(H,24,25). The van der Waals surface area contributed by atoms with Gasteiger partial charge in [-0.1, -0.05) is 13.0 Å². The normalized spacial score (nSPS) is 10.6. The summed E-state index contributed by atoms with van der Waals surface area (Å²) in [4.78, 5) is 16.5. The minimum atomic E-state index is -0.760. The zero-order valence-electron chi connectivity index (χ0n) is 13.9. The van der Waals surface area contributed by atoms with E-state index in [1.165, 1.54) is 36.4 Å². The molecule has 0 spiro atoms. The number of benzene rings is 2. The largest absolute Gasteiger partial charge is 0.335 e. The number of carbonyl (C=O) groups excluding carboxylic acids is 1. The number of nitrogens with one attached hydrogen (secondary N) is 1. The van der Waals surface area contributed by atoms with E-state index in [1.807, 2.05) is 0 Å². The second-order valence-electron chi connectivity index (χ2n) is 5.60. The van der Waals surface area contributed by atoms with Gasteiger partial charge >= 0.3 is 0 Å². The first-order valence-corrected chi connectivity index (χ1v) is 8.01. The quantitative estimate of drug-likeness (QED) is 0.614. The van der Waals surface area contributed by atoms with Gasteiger partial charge < -0.3 is 5.32 Å². The van der Waals surface area contributed by atoms with Crippen LogP contribution in [0.2, 0.25) is 0 Å². The highest BCUT2D eigenvalue weighted by molar-refractivity contribution is 6.01. The van der Waals surface area contributed by atoms with Gasteiger partial charge in [0, 0.05) is 17.5 Å². The Morgan fingerprint density at radius 3 is 2.23 bits per heavy atom. The number of nitrogens with zero attached hydrogens (tertiary/aromatic N) is 1. The van der Waals surface area contributed by atoms with E-state index in [9.17, 15) is 18.0 Å². The number of pyridine rings is 1. The topological polar surface area (TPSA) is 42.0 Å². The number of Topliss-reactive ketones (excluding diaryl/α,β-unsaturated/α-hetero) is 1. The second kappa shape index (κ2) is 7.39. The third-order valence-electron chi connectivity index (χ3n) is 3.85. The molecule has 0 fully saturated rings. The minimum Gasteiger partial charge on any atom is -0.335 e. The molecule has 1 N–H and O–H groups in total. The molecule has 0 saturated heterocycles. The van der Waals surface area contributed by atoms with Crippen LogP contribution in [-0.4, -0.2) is 10.8 Å². The third kappa shape index (κ3) is 3.59. The Bertz CT molecular complexity index is 936. The Morgan fingerprint density at radius 2 is 1.62 bits per heavy atom. The van der Waals surface area contributed by atoms with Crippen molar-refractivity contribution in [3.05, 3.63) is 77.6 Å². The number of rotatable bonds is 5. The Morgan fingerprint density at radius 1 is 0.962 bits per heavy atom. The maximum absolute atomic E-state index is 13.8. The van der Waals surface area contributed by atoms with Gasteiger partial charge in [0.25, 0.3) is 0 Å². The number of ketones is 1. The fourth-order valence-electron chi connectivity index (χ4n) is 2.52. The van der Waals surface area contributed by atoms with Crippen molar-refractivity contribution < 1.29 is 18.0 Å². The summed E-state index contributed by atoms with van der Waals surface area (Å²) in [5.41, 5.74) is 0.873. The SMILES string of the molecule is CCC(=O)c1ccc(Nc2c(F)cccc2F)nc1-c1ccc(F)cc1. The van der Waals surface area contributed by atoms with E-state index in [2.05, 4.69) is 10.3 Å². The van der Waals surface area contributed by atoms with Crippen LogP contribution in [0.25, 0.3) is 11.3 Å². The van der Waals surface area contributed by atoms with Crippen LogP contribution in [-0.2, 0) is 0 Å². The maximum atomic E-state index is 13.8. The summed E-state index contributed by atoms with van der Waals surface area (Å²) >= 11 is 0. The number of hydrogen-bond acceptors (Lipinski definition) is 3. The number of anilines is 2. The van der Waals surface area contributed by atoms with Crippen molar-refractivity contribution in [2.45, 2.75) is 13.3 Å². The molecule has 0 bridgehead atoms. The van der Waals surface area contributed by atoms with Gasteiger partial charge in [-0.2, -0.15) is 0 Å². The van der Waals surface area contributed by atoms with Gasteiger partial charge in [0.2, 0.25) is 0 Å². The van der Waals surface area contributed by atoms with Crippen LogP contribution in [0.15, 0.2) is 54.6 Å². The van der Waals surface area contributed by atoms with Crippen LogP contribution in [0.4, 0.5) is 24.7 Å². The molecular weight excluding hydrogens is 341 g/mol. The van der Waals surface area contributed by atoms with Crippen LogP contribution in [0.5, 0.6) is 0 Å². The van der Waals surface area contributed by atoms with Gasteiger partial charge in [-0.3, -0.25) is 4.79 Å². The lowest BCUT2D eigenvalue weighted by atomic mass is 10.0. The Balaban J connectivity index is 2.07. The number of hydrogen-bond donors (Lipinski definition) is 1. The fraction of sp³-hybridized carbons (Fsp3) is 0.100. The molecule has 26 heavy (non-hydrogen) atoms. The zero-order chi connectivity index (χ0) is 18.7. The van der Waals surface area contributed by atoms with Crippen molar-refractivity contribution in [3.63, 3.8) is 0 Å². The van der Waals surface area contributed by atoms with E-state index < -0.39 is 17.5 Å². The third-order valence-corrected chi connectivity index (χ3v) is 3.85. The van der Waals surface area contributed by atoms with Gasteiger partial charge in [-0.15, -0.1) is 0 Å². The molecule has 0 unspecified atom stereocenters. The lowest BCUT2D eigenvalue weighted by Crippen LogP contribution is -2.05. The van der Waals surface area contributed by atoms with Gasteiger partial charge in [-0.25, -0.2) is 18.2 Å². The minimum absolute atomic E-state index is 0.138. The van der Waals surface area contributed by atoms with E-state index in [0.29, 0.717) is 16.8 Å². The summed E-state index contributed by atoms with van der Waals surface area (Å²) in [6, 6.07) is 12.0. The molecule has 1 heterocycles. The van der Waals surface area contributed by atoms with Crippen LogP contribution in [0.3, 0.4) is 0 Å². The highest BCUT2D eigenvalue weighted by Gasteiger charge is 2.16. The van der Waals surface area contributed by atoms with Crippen molar-refractivity contribution in [2.75, 3.05) is 5.32 Å². The molecule has 0 aliphatic heterocycles. The van der Waals surface area contributed by atoms with E-state index in [4.69, 9.17) is 0 Å². The van der Waals surface area contributed by atoms with Crippen molar-refractivity contribution in [1.29, 1.82) is 0 Å². The maximum Gasteiger partial charge on any atom is 0.164 e. The average molecular weight is 356 g/mol. The highest BCUT2D eigenvalue weighted by Crippen LogP contribution is 2.28. The van der Waals surface area contributed by atoms with E-state index in [1.54, 1.807) is 13.0 Å². The monoisotopic (exact) mass is 356 g/mol. The Kier molecular flexibility index (Phi) is 5.02. The molecule has 6 heteroatoms. The Labute approximate surface area is 148 Å². The number of para-hydroxylation sites is 1. The molecule has 0 radical (unpaired) electrons. The first kappa shape index (κ1) is 17.7. The summed E-state index contributed by atoms with van der Waals surface area (Å²) in [6.45, 7) is 1.72. The molecule has 3 nitrogen and oxygen atoms in total. The first-order chi connectivity index (χ1) is 12.5. The highest BCUT2D eigenvalue weighted by atomic mass is 19.1. The zero-order valence-corrected chi connectivity index (χ0v) is 13.9. The summed E-state index contributed by atoms with van der Waals surface area (Å²) in [7, 11) is 0.